The normalized spacial score (nSPS) is 11.4. The summed E-state index contributed by atoms with van der Waals surface area (Å²) in [5.74, 6) is 1.04. The van der Waals surface area contributed by atoms with Crippen molar-refractivity contribution in [1.82, 2.24) is 9.78 Å². The molecule has 1 N–H and O–H groups in total. The fourth-order valence-corrected chi connectivity index (χ4v) is 3.95. The summed E-state index contributed by atoms with van der Waals surface area (Å²) in [5, 5.41) is 3.05. The van der Waals surface area contributed by atoms with Crippen molar-refractivity contribution >= 4 is 23.4 Å². The molecule has 0 aliphatic carbocycles. The summed E-state index contributed by atoms with van der Waals surface area (Å²) >= 11 is 1.71. The minimum Gasteiger partial charge on any atom is -0.497 e. The highest BCUT2D eigenvalue weighted by Crippen LogP contribution is 2.18. The lowest BCUT2D eigenvalue weighted by atomic mass is 10.1. The fourth-order valence-electron chi connectivity index (χ4n) is 3.20. The van der Waals surface area contributed by atoms with Crippen LogP contribution in [0.5, 0.6) is 5.75 Å². The van der Waals surface area contributed by atoms with E-state index in [1.807, 2.05) is 0 Å². The zero-order chi connectivity index (χ0) is 23.1. The fraction of sp³-hybridized carbons (Fsp3) is 0.292. The number of carbonyl (C=O) groups is 1. The Morgan fingerprint density at radius 1 is 1.09 bits per heavy atom. The van der Waals surface area contributed by atoms with Crippen LogP contribution in [0, 0.1) is 6.92 Å². The summed E-state index contributed by atoms with van der Waals surface area (Å²) in [6.45, 7) is 4.40. The number of carbonyl (C=O) groups excluding carboxylic acids is 1. The van der Waals surface area contributed by atoms with E-state index in [4.69, 9.17) is 9.47 Å². The largest absolute Gasteiger partial charge is 0.497 e. The van der Waals surface area contributed by atoms with Crippen LogP contribution < -0.4 is 10.3 Å². The molecule has 0 aliphatic heterocycles. The van der Waals surface area contributed by atoms with Gasteiger partial charge in [-0.05, 0) is 50.2 Å². The van der Waals surface area contributed by atoms with Gasteiger partial charge in [-0.25, -0.2) is 4.68 Å². The van der Waals surface area contributed by atoms with Gasteiger partial charge in [-0.15, -0.1) is 11.8 Å². The molecule has 0 bridgehead atoms. The molecule has 7 nitrogen and oxygen atoms in total. The summed E-state index contributed by atoms with van der Waals surface area (Å²) in [4.78, 5) is 30.9. The summed E-state index contributed by atoms with van der Waals surface area (Å²) in [6.07, 6.45) is -0.0464. The molecule has 0 spiro atoms. The Hall–Kier alpha value is -3.26. The van der Waals surface area contributed by atoms with Crippen molar-refractivity contribution in [3.05, 3.63) is 75.7 Å². The summed E-state index contributed by atoms with van der Waals surface area (Å²) in [6, 6.07) is 15.4. The Kier molecular flexibility index (Phi) is 7.94. The van der Waals surface area contributed by atoms with E-state index in [0.29, 0.717) is 35.0 Å². The number of aliphatic imine (C=N–C) groups is 1. The van der Waals surface area contributed by atoms with Crippen LogP contribution >= 0.6 is 11.8 Å². The van der Waals surface area contributed by atoms with Gasteiger partial charge in [0.05, 0.1) is 37.6 Å². The van der Waals surface area contributed by atoms with Gasteiger partial charge >= 0.3 is 5.97 Å². The van der Waals surface area contributed by atoms with Gasteiger partial charge < -0.3 is 9.47 Å². The quantitative estimate of drug-likeness (QED) is 0.231. The number of H-pyrrole nitrogens is 1. The molecule has 2 aromatic carbocycles. The van der Waals surface area contributed by atoms with E-state index >= 15 is 0 Å². The van der Waals surface area contributed by atoms with Gasteiger partial charge in [-0.2, -0.15) is 0 Å². The maximum atomic E-state index is 13.2. The summed E-state index contributed by atoms with van der Waals surface area (Å²) < 4.78 is 11.4. The molecule has 0 fully saturated rings. The number of aromatic amines is 1. The predicted molar refractivity (Wildman–Crippen MR) is 128 cm³/mol. The lowest BCUT2D eigenvalue weighted by Gasteiger charge is -2.03. The lowest BCUT2D eigenvalue weighted by molar-refractivity contribution is -0.139. The smallest absolute Gasteiger partial charge is 0.311 e. The number of methoxy groups -OCH3 is 2. The second-order valence-corrected chi connectivity index (χ2v) is 8.35. The number of benzene rings is 2. The van der Waals surface area contributed by atoms with E-state index in [1.165, 1.54) is 22.3 Å². The van der Waals surface area contributed by atoms with E-state index in [1.54, 1.807) is 50.1 Å². The number of aromatic nitrogens is 2. The number of aryl methyl sites for hydroxylation is 1. The summed E-state index contributed by atoms with van der Waals surface area (Å²) in [7, 11) is 2.91. The minimum absolute atomic E-state index is 0.0464. The zero-order valence-electron chi connectivity index (χ0n) is 18.7. The molecule has 32 heavy (non-hydrogen) atoms. The number of rotatable bonds is 9. The highest BCUT2D eigenvalue weighted by atomic mass is 32.2. The van der Waals surface area contributed by atoms with Gasteiger partial charge in [0.2, 0.25) is 0 Å². The number of nitrogens with one attached hydrogen (secondary N) is 1. The van der Waals surface area contributed by atoms with Gasteiger partial charge in [0.1, 0.15) is 5.75 Å². The molecule has 3 rings (SSSR count). The molecule has 0 saturated carbocycles. The average Bonchev–Trinajstić information content (AvgIpc) is 3.13. The van der Waals surface area contributed by atoms with Crippen molar-refractivity contribution < 1.29 is 14.3 Å². The first kappa shape index (κ1) is 23.4. The molecule has 168 valence electrons. The third-order valence-electron chi connectivity index (χ3n) is 4.94. The van der Waals surface area contributed by atoms with Crippen molar-refractivity contribution in [3.8, 4) is 11.4 Å². The van der Waals surface area contributed by atoms with Gasteiger partial charge in [0, 0.05) is 22.9 Å². The number of hydrogen-bond acceptors (Lipinski definition) is 6. The van der Waals surface area contributed by atoms with E-state index in [2.05, 4.69) is 41.3 Å². The standard InChI is InChI=1S/C24H27N3O4S/c1-16-5-11-20(12-6-16)32-14-13-25-17(2)23-21(15-22(28)31-4)26-27(24(23)29)18-7-9-19(30-3)10-8-18/h5-12,26H,13-15H2,1-4H3. The Bertz CT molecular complexity index is 1150. The third-order valence-corrected chi connectivity index (χ3v) is 5.93. The molecular weight excluding hydrogens is 426 g/mol. The van der Waals surface area contributed by atoms with Crippen LogP contribution in [-0.2, 0) is 16.0 Å². The first-order valence-corrected chi connectivity index (χ1v) is 11.2. The van der Waals surface area contributed by atoms with Crippen molar-refractivity contribution in [2.24, 2.45) is 4.99 Å². The van der Waals surface area contributed by atoms with Crippen LogP contribution in [0.4, 0.5) is 0 Å². The van der Waals surface area contributed by atoms with Crippen molar-refractivity contribution in [2.75, 3.05) is 26.5 Å². The first-order valence-electron chi connectivity index (χ1n) is 10.2. The van der Waals surface area contributed by atoms with Gasteiger partial charge in [0.25, 0.3) is 5.56 Å². The Morgan fingerprint density at radius 3 is 2.41 bits per heavy atom. The van der Waals surface area contributed by atoms with Crippen LogP contribution in [0.2, 0.25) is 0 Å². The molecule has 1 heterocycles. The third kappa shape index (κ3) is 5.70. The van der Waals surface area contributed by atoms with Crippen LogP contribution in [0.15, 0.2) is 63.2 Å². The van der Waals surface area contributed by atoms with Gasteiger partial charge in [-0.1, -0.05) is 17.7 Å². The maximum Gasteiger partial charge on any atom is 0.311 e. The first-order chi connectivity index (χ1) is 15.4. The number of hydrogen-bond donors (Lipinski definition) is 1. The second kappa shape index (κ2) is 10.9. The highest BCUT2D eigenvalue weighted by Gasteiger charge is 2.20. The van der Waals surface area contributed by atoms with Crippen molar-refractivity contribution in [1.29, 1.82) is 0 Å². The van der Waals surface area contributed by atoms with Crippen LogP contribution in [-0.4, -0.2) is 48.0 Å². The molecule has 0 radical (unpaired) electrons. The van der Waals surface area contributed by atoms with Gasteiger partial charge in [0.15, 0.2) is 0 Å². The minimum atomic E-state index is -0.433. The molecule has 0 atom stereocenters. The second-order valence-electron chi connectivity index (χ2n) is 7.19. The number of thioether (sulfide) groups is 1. The molecule has 0 amide bonds. The van der Waals surface area contributed by atoms with E-state index in [-0.39, 0.29) is 12.0 Å². The molecular formula is C24H27N3O4S. The van der Waals surface area contributed by atoms with Crippen LogP contribution in [0.3, 0.4) is 0 Å². The zero-order valence-corrected chi connectivity index (χ0v) is 19.5. The van der Waals surface area contributed by atoms with Gasteiger partial charge in [-0.3, -0.25) is 19.7 Å². The summed E-state index contributed by atoms with van der Waals surface area (Å²) in [5.41, 5.74) is 3.05. The maximum absolute atomic E-state index is 13.2. The number of nitrogens with zero attached hydrogens (tertiary/aromatic N) is 2. The van der Waals surface area contributed by atoms with E-state index < -0.39 is 5.97 Å². The van der Waals surface area contributed by atoms with Crippen molar-refractivity contribution in [3.63, 3.8) is 0 Å². The highest BCUT2D eigenvalue weighted by molar-refractivity contribution is 7.99. The topological polar surface area (TPSA) is 85.7 Å². The Morgan fingerprint density at radius 2 is 1.78 bits per heavy atom. The average molecular weight is 454 g/mol. The van der Waals surface area contributed by atoms with E-state index in [9.17, 15) is 9.59 Å². The Balaban J connectivity index is 1.83. The predicted octanol–water partition coefficient (Wildman–Crippen LogP) is 3.80. The lowest BCUT2D eigenvalue weighted by Crippen LogP contribution is -2.20. The molecule has 0 aliphatic rings. The van der Waals surface area contributed by atoms with Crippen LogP contribution in [0.1, 0.15) is 23.7 Å². The molecule has 1 aromatic heterocycles. The number of esters is 1. The Labute approximate surface area is 191 Å². The molecule has 0 saturated heterocycles. The van der Waals surface area contributed by atoms with Crippen molar-refractivity contribution in [2.45, 2.75) is 25.2 Å². The monoisotopic (exact) mass is 453 g/mol. The molecule has 0 unspecified atom stereocenters. The van der Waals surface area contributed by atoms with Crippen LogP contribution in [0.25, 0.3) is 5.69 Å². The SMILES string of the molecule is COC(=O)Cc1[nH]n(-c2ccc(OC)cc2)c(=O)c1C(C)=NCCSc1ccc(C)cc1. The molecule has 8 heteroatoms. The number of ether oxygens (including phenoxy) is 2. The molecule has 3 aromatic rings. The van der Waals surface area contributed by atoms with E-state index in [0.717, 1.165) is 5.75 Å².